The lowest BCUT2D eigenvalue weighted by molar-refractivity contribution is -0.00856. The number of hydrogen-bond donors (Lipinski definition) is 1. The van der Waals surface area contributed by atoms with E-state index in [1.54, 1.807) is 0 Å². The fourth-order valence-electron chi connectivity index (χ4n) is 2.60. The summed E-state index contributed by atoms with van der Waals surface area (Å²) in [5.74, 6) is 0.839. The van der Waals surface area contributed by atoms with E-state index in [2.05, 4.69) is 26.1 Å². The minimum atomic E-state index is 0.459. The van der Waals surface area contributed by atoms with Crippen molar-refractivity contribution in [3.05, 3.63) is 0 Å². The third-order valence-electron chi connectivity index (χ3n) is 3.60. The second kappa shape index (κ2) is 8.08. The van der Waals surface area contributed by atoms with Gasteiger partial charge in [0.2, 0.25) is 0 Å². The van der Waals surface area contributed by atoms with E-state index in [1.807, 2.05) is 0 Å². The molecule has 2 heteroatoms. The maximum Gasteiger partial charge on any atom is 0.0730 e. The first-order valence-electron chi connectivity index (χ1n) is 7.12. The number of nitrogens with one attached hydrogen (secondary N) is 1. The zero-order chi connectivity index (χ0) is 11.8. The van der Waals surface area contributed by atoms with E-state index in [9.17, 15) is 0 Å². The number of hydrogen-bond acceptors (Lipinski definition) is 2. The maximum atomic E-state index is 6.06. The molecule has 1 N–H and O–H groups in total. The Kier molecular flexibility index (Phi) is 7.06. The summed E-state index contributed by atoms with van der Waals surface area (Å²) in [6.45, 7) is 8.79. The highest BCUT2D eigenvalue weighted by Crippen LogP contribution is 2.26. The predicted octanol–water partition coefficient (Wildman–Crippen LogP) is 3.36. The molecule has 0 aromatic heterocycles. The first-order chi connectivity index (χ1) is 7.77. The van der Waals surface area contributed by atoms with Crippen molar-refractivity contribution in [2.75, 3.05) is 13.2 Å². The first kappa shape index (κ1) is 14.0. The van der Waals surface area contributed by atoms with Crippen LogP contribution in [0.3, 0.4) is 0 Å². The highest BCUT2D eigenvalue weighted by molar-refractivity contribution is 4.84. The summed E-state index contributed by atoms with van der Waals surface area (Å²) >= 11 is 0. The molecule has 0 radical (unpaired) electrons. The molecule has 0 spiro atoms. The summed E-state index contributed by atoms with van der Waals surface area (Å²) in [6, 6.07) is 0.600. The normalized spacial score (nSPS) is 30.6. The molecule has 1 aliphatic rings. The van der Waals surface area contributed by atoms with Crippen molar-refractivity contribution in [3.8, 4) is 0 Å². The lowest BCUT2D eigenvalue weighted by Gasteiger charge is -2.35. The van der Waals surface area contributed by atoms with Crippen molar-refractivity contribution in [1.29, 1.82) is 0 Å². The van der Waals surface area contributed by atoms with E-state index in [0.717, 1.165) is 19.1 Å². The van der Waals surface area contributed by atoms with Crippen LogP contribution in [0.25, 0.3) is 0 Å². The van der Waals surface area contributed by atoms with Crippen molar-refractivity contribution in [2.24, 2.45) is 5.92 Å². The van der Waals surface area contributed by atoms with Gasteiger partial charge in [-0.15, -0.1) is 0 Å². The van der Waals surface area contributed by atoms with Crippen LogP contribution in [0.4, 0.5) is 0 Å². The SMILES string of the molecule is CCCCCOC1CC(C)CCC1NCC. The summed E-state index contributed by atoms with van der Waals surface area (Å²) in [5, 5.41) is 3.57. The summed E-state index contributed by atoms with van der Waals surface area (Å²) < 4.78 is 6.06. The van der Waals surface area contributed by atoms with Gasteiger partial charge < -0.3 is 10.1 Å². The molecule has 3 atom stereocenters. The molecule has 0 aromatic carbocycles. The van der Waals surface area contributed by atoms with Gasteiger partial charge in [-0.1, -0.05) is 33.6 Å². The Bertz CT molecular complexity index is 172. The fourth-order valence-corrected chi connectivity index (χ4v) is 2.60. The maximum absolute atomic E-state index is 6.06. The summed E-state index contributed by atoms with van der Waals surface area (Å²) in [6.07, 6.45) is 8.14. The van der Waals surface area contributed by atoms with Crippen molar-refractivity contribution < 1.29 is 4.74 Å². The van der Waals surface area contributed by atoms with Crippen molar-refractivity contribution >= 4 is 0 Å². The highest BCUT2D eigenvalue weighted by Gasteiger charge is 2.28. The van der Waals surface area contributed by atoms with Gasteiger partial charge >= 0.3 is 0 Å². The lowest BCUT2D eigenvalue weighted by Crippen LogP contribution is -2.45. The molecule has 0 heterocycles. The molecule has 0 aromatic rings. The summed E-state index contributed by atoms with van der Waals surface area (Å²) in [4.78, 5) is 0. The first-order valence-corrected chi connectivity index (χ1v) is 7.12. The van der Waals surface area contributed by atoms with Crippen LogP contribution in [0.1, 0.15) is 59.3 Å². The average molecular weight is 227 g/mol. The van der Waals surface area contributed by atoms with Gasteiger partial charge in [-0.3, -0.25) is 0 Å². The molecule has 0 aliphatic heterocycles. The minimum Gasteiger partial charge on any atom is -0.377 e. The Labute approximate surface area is 101 Å². The molecule has 2 nitrogen and oxygen atoms in total. The topological polar surface area (TPSA) is 21.3 Å². The molecule has 1 rings (SSSR count). The molecule has 3 unspecified atom stereocenters. The van der Waals surface area contributed by atoms with E-state index < -0.39 is 0 Å². The van der Waals surface area contributed by atoms with E-state index in [0.29, 0.717) is 12.1 Å². The van der Waals surface area contributed by atoms with Gasteiger partial charge in [0.25, 0.3) is 0 Å². The van der Waals surface area contributed by atoms with Gasteiger partial charge in [0, 0.05) is 12.6 Å². The van der Waals surface area contributed by atoms with Gasteiger partial charge in [-0.2, -0.15) is 0 Å². The van der Waals surface area contributed by atoms with Crippen LogP contribution < -0.4 is 5.32 Å². The smallest absolute Gasteiger partial charge is 0.0730 e. The molecular weight excluding hydrogens is 198 g/mol. The van der Waals surface area contributed by atoms with Crippen molar-refractivity contribution in [2.45, 2.75) is 71.4 Å². The Hall–Kier alpha value is -0.0800. The standard InChI is InChI=1S/C14H29NO/c1-4-6-7-10-16-14-11-12(3)8-9-13(14)15-5-2/h12-15H,4-11H2,1-3H3. The molecule has 1 fully saturated rings. The summed E-state index contributed by atoms with van der Waals surface area (Å²) in [7, 11) is 0. The second-order valence-electron chi connectivity index (χ2n) is 5.20. The predicted molar refractivity (Wildman–Crippen MR) is 69.7 cm³/mol. The molecule has 0 bridgehead atoms. The second-order valence-corrected chi connectivity index (χ2v) is 5.20. The average Bonchev–Trinajstić information content (AvgIpc) is 2.28. The lowest BCUT2D eigenvalue weighted by atomic mass is 9.85. The fraction of sp³-hybridized carbons (Fsp3) is 1.00. The Morgan fingerprint density at radius 3 is 2.69 bits per heavy atom. The van der Waals surface area contributed by atoms with Crippen LogP contribution in [0.5, 0.6) is 0 Å². The molecule has 1 saturated carbocycles. The van der Waals surface area contributed by atoms with Gasteiger partial charge in [-0.25, -0.2) is 0 Å². The van der Waals surface area contributed by atoms with Crippen LogP contribution in [0.2, 0.25) is 0 Å². The summed E-state index contributed by atoms with van der Waals surface area (Å²) in [5.41, 5.74) is 0. The Morgan fingerprint density at radius 1 is 1.19 bits per heavy atom. The van der Waals surface area contributed by atoms with E-state index in [-0.39, 0.29) is 0 Å². The Morgan fingerprint density at radius 2 is 2.00 bits per heavy atom. The van der Waals surface area contributed by atoms with Gasteiger partial charge in [-0.05, 0) is 38.1 Å². The van der Waals surface area contributed by atoms with Gasteiger partial charge in [0.15, 0.2) is 0 Å². The van der Waals surface area contributed by atoms with E-state index >= 15 is 0 Å². The van der Waals surface area contributed by atoms with Crippen LogP contribution in [0.15, 0.2) is 0 Å². The third kappa shape index (κ3) is 4.84. The monoisotopic (exact) mass is 227 g/mol. The zero-order valence-electron chi connectivity index (χ0n) is 11.3. The molecular formula is C14H29NO. The molecule has 16 heavy (non-hydrogen) atoms. The number of ether oxygens (including phenoxy) is 1. The van der Waals surface area contributed by atoms with Crippen LogP contribution in [-0.2, 0) is 4.74 Å². The molecule has 0 saturated heterocycles. The van der Waals surface area contributed by atoms with E-state index in [4.69, 9.17) is 4.74 Å². The minimum absolute atomic E-state index is 0.459. The molecule has 1 aliphatic carbocycles. The largest absolute Gasteiger partial charge is 0.377 e. The van der Waals surface area contributed by atoms with Crippen LogP contribution >= 0.6 is 0 Å². The van der Waals surface area contributed by atoms with Gasteiger partial charge in [0.1, 0.15) is 0 Å². The highest BCUT2D eigenvalue weighted by atomic mass is 16.5. The van der Waals surface area contributed by atoms with Crippen LogP contribution in [0, 0.1) is 5.92 Å². The molecule has 96 valence electrons. The zero-order valence-corrected chi connectivity index (χ0v) is 11.3. The van der Waals surface area contributed by atoms with Crippen LogP contribution in [-0.4, -0.2) is 25.3 Å². The van der Waals surface area contributed by atoms with E-state index in [1.165, 1.54) is 38.5 Å². The number of likely N-dealkylation sites (N-methyl/N-ethyl adjacent to an activating group) is 1. The third-order valence-corrected chi connectivity index (χ3v) is 3.60. The Balaban J connectivity index is 2.26. The van der Waals surface area contributed by atoms with Crippen molar-refractivity contribution in [3.63, 3.8) is 0 Å². The van der Waals surface area contributed by atoms with Gasteiger partial charge in [0.05, 0.1) is 6.10 Å². The number of unbranched alkanes of at least 4 members (excludes halogenated alkanes) is 2. The molecule has 0 amide bonds. The quantitative estimate of drug-likeness (QED) is 0.673. The number of rotatable bonds is 7. The van der Waals surface area contributed by atoms with Crippen molar-refractivity contribution in [1.82, 2.24) is 5.32 Å².